The number of hydrogen-bond donors (Lipinski definition) is 1. The Kier molecular flexibility index (Phi) is 3.74. The van der Waals surface area contributed by atoms with Crippen LogP contribution in [0.2, 0.25) is 0 Å². The number of likely N-dealkylation sites (tertiary alicyclic amines) is 1. The van der Waals surface area contributed by atoms with E-state index in [2.05, 4.69) is 25.7 Å². The molecule has 0 aromatic carbocycles. The van der Waals surface area contributed by atoms with Gasteiger partial charge in [0.15, 0.2) is 0 Å². The van der Waals surface area contributed by atoms with Crippen LogP contribution >= 0.6 is 0 Å². The molecule has 2 heteroatoms. The largest absolute Gasteiger partial charge is 0.330 e. The lowest BCUT2D eigenvalue weighted by atomic mass is 9.87. The van der Waals surface area contributed by atoms with Crippen molar-refractivity contribution in [3.63, 3.8) is 0 Å². The van der Waals surface area contributed by atoms with Gasteiger partial charge in [-0.25, -0.2) is 0 Å². The standard InChI is InChI=1S/C11H24N2/c1-4-11(3,8-12)9-13-7-5-6-10(13)2/h10H,4-9,12H2,1-3H3. The van der Waals surface area contributed by atoms with Gasteiger partial charge in [-0.15, -0.1) is 0 Å². The SMILES string of the molecule is CCC(C)(CN)CN1CCCC1C. The topological polar surface area (TPSA) is 29.3 Å². The molecule has 2 atom stereocenters. The second kappa shape index (κ2) is 4.43. The summed E-state index contributed by atoms with van der Waals surface area (Å²) in [6, 6.07) is 0.775. The van der Waals surface area contributed by atoms with Crippen molar-refractivity contribution in [3.05, 3.63) is 0 Å². The van der Waals surface area contributed by atoms with Gasteiger partial charge in [0, 0.05) is 12.6 Å². The van der Waals surface area contributed by atoms with Crippen LogP contribution in [0.1, 0.15) is 40.0 Å². The molecule has 0 aliphatic carbocycles. The molecule has 1 rings (SSSR count). The lowest BCUT2D eigenvalue weighted by molar-refractivity contribution is 0.159. The normalized spacial score (nSPS) is 29.1. The third-order valence-corrected chi connectivity index (χ3v) is 3.62. The minimum Gasteiger partial charge on any atom is -0.330 e. The van der Waals surface area contributed by atoms with E-state index in [1.165, 1.54) is 32.4 Å². The highest BCUT2D eigenvalue weighted by atomic mass is 15.2. The average Bonchev–Trinajstić information content (AvgIpc) is 2.52. The molecule has 0 saturated carbocycles. The summed E-state index contributed by atoms with van der Waals surface area (Å²) in [7, 11) is 0. The minimum atomic E-state index is 0.332. The molecule has 1 aliphatic heterocycles. The zero-order chi connectivity index (χ0) is 9.90. The van der Waals surface area contributed by atoms with Crippen molar-refractivity contribution in [1.29, 1.82) is 0 Å². The van der Waals surface area contributed by atoms with Crippen molar-refractivity contribution in [1.82, 2.24) is 4.90 Å². The summed E-state index contributed by atoms with van der Waals surface area (Å²) in [6.45, 7) is 10.1. The van der Waals surface area contributed by atoms with Crippen molar-refractivity contribution in [2.75, 3.05) is 19.6 Å². The molecule has 2 unspecified atom stereocenters. The Morgan fingerprint density at radius 2 is 2.23 bits per heavy atom. The molecule has 0 aromatic heterocycles. The molecule has 2 nitrogen and oxygen atoms in total. The molecule has 0 radical (unpaired) electrons. The fourth-order valence-electron chi connectivity index (χ4n) is 2.04. The van der Waals surface area contributed by atoms with Gasteiger partial charge in [-0.3, -0.25) is 0 Å². The van der Waals surface area contributed by atoms with Crippen molar-refractivity contribution in [2.24, 2.45) is 11.1 Å². The second-order valence-corrected chi connectivity index (χ2v) is 4.83. The molecule has 1 heterocycles. The van der Waals surface area contributed by atoms with Crippen LogP contribution in [0.5, 0.6) is 0 Å². The summed E-state index contributed by atoms with van der Waals surface area (Å²) in [5.74, 6) is 0. The van der Waals surface area contributed by atoms with Gasteiger partial charge in [-0.05, 0) is 44.7 Å². The highest BCUT2D eigenvalue weighted by Gasteiger charge is 2.28. The third kappa shape index (κ3) is 2.68. The molecule has 0 bridgehead atoms. The number of hydrogen-bond acceptors (Lipinski definition) is 2. The summed E-state index contributed by atoms with van der Waals surface area (Å²) < 4.78 is 0. The van der Waals surface area contributed by atoms with Crippen molar-refractivity contribution in [3.8, 4) is 0 Å². The van der Waals surface area contributed by atoms with E-state index >= 15 is 0 Å². The van der Waals surface area contributed by atoms with E-state index in [-0.39, 0.29) is 0 Å². The van der Waals surface area contributed by atoms with Gasteiger partial charge in [0.25, 0.3) is 0 Å². The summed E-state index contributed by atoms with van der Waals surface area (Å²) >= 11 is 0. The molecular formula is C11H24N2. The fourth-order valence-corrected chi connectivity index (χ4v) is 2.04. The molecule has 0 spiro atoms. The van der Waals surface area contributed by atoms with Crippen LogP contribution in [-0.2, 0) is 0 Å². The molecule has 1 fully saturated rings. The van der Waals surface area contributed by atoms with Crippen LogP contribution in [0.4, 0.5) is 0 Å². The molecule has 1 saturated heterocycles. The van der Waals surface area contributed by atoms with Gasteiger partial charge in [-0.1, -0.05) is 13.8 Å². The zero-order valence-corrected chi connectivity index (χ0v) is 9.34. The van der Waals surface area contributed by atoms with Gasteiger partial charge in [-0.2, -0.15) is 0 Å². The number of nitrogens with two attached hydrogens (primary N) is 1. The average molecular weight is 184 g/mol. The maximum atomic E-state index is 5.81. The predicted octanol–water partition coefficient (Wildman–Crippen LogP) is 1.85. The lowest BCUT2D eigenvalue weighted by Gasteiger charge is -2.33. The maximum absolute atomic E-state index is 5.81. The van der Waals surface area contributed by atoms with Gasteiger partial charge >= 0.3 is 0 Å². The molecule has 78 valence electrons. The monoisotopic (exact) mass is 184 g/mol. The third-order valence-electron chi connectivity index (χ3n) is 3.62. The van der Waals surface area contributed by atoms with E-state index in [1.807, 2.05) is 0 Å². The summed E-state index contributed by atoms with van der Waals surface area (Å²) in [5.41, 5.74) is 6.15. The Bertz CT molecular complexity index is 152. The van der Waals surface area contributed by atoms with E-state index < -0.39 is 0 Å². The molecule has 13 heavy (non-hydrogen) atoms. The van der Waals surface area contributed by atoms with Gasteiger partial charge in [0.2, 0.25) is 0 Å². The van der Waals surface area contributed by atoms with Crippen molar-refractivity contribution in [2.45, 2.75) is 46.1 Å². The summed E-state index contributed by atoms with van der Waals surface area (Å²) in [5, 5.41) is 0. The first-order chi connectivity index (χ1) is 6.11. The summed E-state index contributed by atoms with van der Waals surface area (Å²) in [4.78, 5) is 2.59. The molecular weight excluding hydrogens is 160 g/mol. The van der Waals surface area contributed by atoms with Crippen molar-refractivity contribution >= 4 is 0 Å². The van der Waals surface area contributed by atoms with Gasteiger partial charge in [0.05, 0.1) is 0 Å². The quantitative estimate of drug-likeness (QED) is 0.722. The Morgan fingerprint density at radius 3 is 2.62 bits per heavy atom. The van der Waals surface area contributed by atoms with E-state index in [4.69, 9.17) is 5.73 Å². The molecule has 0 amide bonds. The van der Waals surface area contributed by atoms with Crippen LogP contribution < -0.4 is 5.73 Å². The maximum Gasteiger partial charge on any atom is 0.00676 e. The smallest absolute Gasteiger partial charge is 0.00676 e. The van der Waals surface area contributed by atoms with Crippen molar-refractivity contribution < 1.29 is 0 Å². The first-order valence-electron chi connectivity index (χ1n) is 5.55. The second-order valence-electron chi connectivity index (χ2n) is 4.83. The van der Waals surface area contributed by atoms with Crippen LogP contribution in [0.25, 0.3) is 0 Å². The van der Waals surface area contributed by atoms with Crippen LogP contribution in [-0.4, -0.2) is 30.6 Å². The minimum absolute atomic E-state index is 0.332. The van der Waals surface area contributed by atoms with Crippen LogP contribution in [0.3, 0.4) is 0 Å². The highest BCUT2D eigenvalue weighted by Crippen LogP contribution is 2.25. The van der Waals surface area contributed by atoms with Crippen LogP contribution in [0.15, 0.2) is 0 Å². The first kappa shape index (κ1) is 11.0. The lowest BCUT2D eigenvalue weighted by Crippen LogP contribution is -2.41. The Labute approximate surface area is 82.5 Å². The molecule has 1 aliphatic rings. The van der Waals surface area contributed by atoms with E-state index in [9.17, 15) is 0 Å². The zero-order valence-electron chi connectivity index (χ0n) is 9.34. The predicted molar refractivity (Wildman–Crippen MR) is 57.7 cm³/mol. The molecule has 0 aromatic rings. The highest BCUT2D eigenvalue weighted by molar-refractivity contribution is 4.83. The van der Waals surface area contributed by atoms with Gasteiger partial charge in [0.1, 0.15) is 0 Å². The number of nitrogens with zero attached hydrogens (tertiary/aromatic N) is 1. The Morgan fingerprint density at radius 1 is 1.54 bits per heavy atom. The Balaban J connectivity index is 2.45. The van der Waals surface area contributed by atoms with E-state index in [1.54, 1.807) is 0 Å². The van der Waals surface area contributed by atoms with E-state index in [0.29, 0.717) is 5.41 Å². The van der Waals surface area contributed by atoms with Gasteiger partial charge < -0.3 is 10.6 Å². The molecule has 2 N–H and O–H groups in total. The first-order valence-corrected chi connectivity index (χ1v) is 5.55. The fraction of sp³-hybridized carbons (Fsp3) is 1.00. The van der Waals surface area contributed by atoms with E-state index in [0.717, 1.165) is 12.6 Å². The summed E-state index contributed by atoms with van der Waals surface area (Å²) in [6.07, 6.45) is 3.92. The van der Waals surface area contributed by atoms with Crippen LogP contribution in [0, 0.1) is 5.41 Å². The number of rotatable bonds is 4. The Hall–Kier alpha value is -0.0800.